The maximum atomic E-state index is 4.75. The SMILES string of the molecule is Cc1ccc2c(c1)CCCN2c1ncnc(Nc2c(C)ccc3ccccc23)n1. The van der Waals surface area contributed by atoms with Gasteiger partial charge in [-0.25, -0.2) is 9.97 Å². The summed E-state index contributed by atoms with van der Waals surface area (Å²) in [6.45, 7) is 5.14. The minimum atomic E-state index is 0.564. The Labute approximate surface area is 170 Å². The summed E-state index contributed by atoms with van der Waals surface area (Å²) in [5.41, 5.74) is 6.03. The van der Waals surface area contributed by atoms with Crippen molar-refractivity contribution in [3.8, 4) is 0 Å². The second kappa shape index (κ2) is 7.17. The van der Waals surface area contributed by atoms with E-state index in [0.717, 1.165) is 36.0 Å². The molecule has 0 radical (unpaired) electrons. The molecule has 144 valence electrons. The Morgan fingerprint density at radius 3 is 2.79 bits per heavy atom. The van der Waals surface area contributed by atoms with Crippen molar-refractivity contribution < 1.29 is 0 Å². The molecule has 1 aliphatic heterocycles. The maximum absolute atomic E-state index is 4.75. The second-order valence-corrected chi connectivity index (χ2v) is 7.60. The molecule has 0 aliphatic carbocycles. The fraction of sp³-hybridized carbons (Fsp3) is 0.208. The number of aryl methyl sites for hydroxylation is 3. The number of hydrogen-bond acceptors (Lipinski definition) is 5. The summed E-state index contributed by atoms with van der Waals surface area (Å²) in [5.74, 6) is 1.25. The van der Waals surface area contributed by atoms with Gasteiger partial charge in [-0.05, 0) is 49.3 Å². The number of nitrogens with one attached hydrogen (secondary N) is 1. The van der Waals surface area contributed by atoms with Crippen LogP contribution in [-0.4, -0.2) is 21.5 Å². The van der Waals surface area contributed by atoms with Crippen LogP contribution in [0.1, 0.15) is 23.1 Å². The molecule has 0 fully saturated rings. The molecule has 3 aromatic carbocycles. The molecular formula is C24H23N5. The molecule has 0 amide bonds. The molecule has 0 atom stereocenters. The molecule has 0 saturated carbocycles. The number of nitrogens with zero attached hydrogens (tertiary/aromatic N) is 4. The summed E-state index contributed by atoms with van der Waals surface area (Å²) < 4.78 is 0. The van der Waals surface area contributed by atoms with E-state index < -0.39 is 0 Å². The van der Waals surface area contributed by atoms with E-state index in [1.54, 1.807) is 6.33 Å². The Balaban J connectivity index is 1.52. The second-order valence-electron chi connectivity index (χ2n) is 7.60. The number of rotatable bonds is 3. The van der Waals surface area contributed by atoms with Crippen LogP contribution in [0.15, 0.2) is 60.9 Å². The van der Waals surface area contributed by atoms with E-state index in [1.807, 2.05) is 0 Å². The standard InChI is InChI=1S/C24H23N5/c1-16-9-12-21-19(14-16)7-5-13-29(21)24-26-15-25-23(28-24)27-22-17(2)10-11-18-6-3-4-8-20(18)22/h3-4,6,8-12,14-15H,5,7,13H2,1-2H3,(H,25,26,27,28). The quantitative estimate of drug-likeness (QED) is 0.510. The van der Waals surface area contributed by atoms with Crippen molar-refractivity contribution in [2.75, 3.05) is 16.8 Å². The average molecular weight is 381 g/mol. The lowest BCUT2D eigenvalue weighted by molar-refractivity contribution is 0.747. The zero-order valence-electron chi connectivity index (χ0n) is 16.7. The normalized spacial score (nSPS) is 13.4. The molecule has 29 heavy (non-hydrogen) atoms. The van der Waals surface area contributed by atoms with Gasteiger partial charge in [0.25, 0.3) is 0 Å². The van der Waals surface area contributed by atoms with Crippen LogP contribution in [0.3, 0.4) is 0 Å². The maximum Gasteiger partial charge on any atom is 0.234 e. The van der Waals surface area contributed by atoms with Crippen LogP contribution in [0.25, 0.3) is 10.8 Å². The van der Waals surface area contributed by atoms with Gasteiger partial charge in [0.1, 0.15) is 6.33 Å². The molecule has 5 rings (SSSR count). The number of aromatic nitrogens is 3. The molecule has 1 aromatic heterocycles. The summed E-state index contributed by atoms with van der Waals surface area (Å²) in [6.07, 6.45) is 3.78. The van der Waals surface area contributed by atoms with Crippen molar-refractivity contribution in [1.82, 2.24) is 15.0 Å². The van der Waals surface area contributed by atoms with Crippen molar-refractivity contribution >= 4 is 34.0 Å². The van der Waals surface area contributed by atoms with Crippen LogP contribution in [-0.2, 0) is 6.42 Å². The lowest BCUT2D eigenvalue weighted by Crippen LogP contribution is -2.26. The number of hydrogen-bond donors (Lipinski definition) is 1. The van der Waals surface area contributed by atoms with E-state index in [1.165, 1.54) is 22.2 Å². The molecule has 1 aliphatic rings. The Hall–Kier alpha value is -3.47. The number of fused-ring (bicyclic) bond motifs is 2. The molecule has 2 heterocycles. The molecule has 0 unspecified atom stereocenters. The Morgan fingerprint density at radius 2 is 1.86 bits per heavy atom. The minimum Gasteiger partial charge on any atom is -0.323 e. The lowest BCUT2D eigenvalue weighted by atomic mass is 10.00. The predicted molar refractivity (Wildman–Crippen MR) is 118 cm³/mol. The zero-order chi connectivity index (χ0) is 19.8. The molecular weight excluding hydrogens is 358 g/mol. The Morgan fingerprint density at radius 1 is 0.966 bits per heavy atom. The third kappa shape index (κ3) is 3.29. The third-order valence-electron chi connectivity index (χ3n) is 5.53. The summed E-state index contributed by atoms with van der Waals surface area (Å²) >= 11 is 0. The van der Waals surface area contributed by atoms with Gasteiger partial charge in [0.05, 0.1) is 5.69 Å². The van der Waals surface area contributed by atoms with E-state index in [0.29, 0.717) is 11.9 Å². The summed E-state index contributed by atoms with van der Waals surface area (Å²) in [4.78, 5) is 15.8. The monoisotopic (exact) mass is 381 g/mol. The van der Waals surface area contributed by atoms with Crippen molar-refractivity contribution in [3.63, 3.8) is 0 Å². The van der Waals surface area contributed by atoms with Crippen LogP contribution in [0, 0.1) is 13.8 Å². The first kappa shape index (κ1) is 17.6. The average Bonchev–Trinajstić information content (AvgIpc) is 2.75. The first-order chi connectivity index (χ1) is 14.2. The minimum absolute atomic E-state index is 0.564. The van der Waals surface area contributed by atoms with Crippen molar-refractivity contribution in [2.45, 2.75) is 26.7 Å². The van der Waals surface area contributed by atoms with E-state index in [-0.39, 0.29) is 0 Å². The highest BCUT2D eigenvalue weighted by molar-refractivity contribution is 5.96. The first-order valence-electron chi connectivity index (χ1n) is 10.0. The molecule has 5 heteroatoms. The van der Waals surface area contributed by atoms with Gasteiger partial charge in [-0.3, -0.25) is 0 Å². The highest BCUT2D eigenvalue weighted by atomic mass is 15.3. The van der Waals surface area contributed by atoms with Crippen molar-refractivity contribution in [2.24, 2.45) is 0 Å². The van der Waals surface area contributed by atoms with E-state index in [2.05, 4.69) is 88.6 Å². The van der Waals surface area contributed by atoms with Crippen molar-refractivity contribution in [1.29, 1.82) is 0 Å². The van der Waals surface area contributed by atoms with Gasteiger partial charge >= 0.3 is 0 Å². The highest BCUT2D eigenvalue weighted by Crippen LogP contribution is 2.33. The number of anilines is 4. The fourth-order valence-electron chi connectivity index (χ4n) is 4.07. The largest absolute Gasteiger partial charge is 0.323 e. The van der Waals surface area contributed by atoms with Crippen LogP contribution in [0.5, 0.6) is 0 Å². The zero-order valence-corrected chi connectivity index (χ0v) is 16.7. The molecule has 4 aromatic rings. The molecule has 5 nitrogen and oxygen atoms in total. The highest BCUT2D eigenvalue weighted by Gasteiger charge is 2.21. The summed E-state index contributed by atoms with van der Waals surface area (Å²) in [7, 11) is 0. The summed E-state index contributed by atoms with van der Waals surface area (Å²) in [6, 6.07) is 19.2. The topological polar surface area (TPSA) is 53.9 Å². The van der Waals surface area contributed by atoms with Gasteiger partial charge in [-0.1, -0.05) is 54.1 Å². The first-order valence-corrected chi connectivity index (χ1v) is 10.0. The lowest BCUT2D eigenvalue weighted by Gasteiger charge is -2.29. The Kier molecular flexibility index (Phi) is 4.35. The van der Waals surface area contributed by atoms with Crippen LogP contribution in [0.4, 0.5) is 23.3 Å². The predicted octanol–water partition coefficient (Wildman–Crippen LogP) is 5.47. The molecule has 1 N–H and O–H groups in total. The van der Waals surface area contributed by atoms with Gasteiger partial charge < -0.3 is 10.2 Å². The van der Waals surface area contributed by atoms with Crippen molar-refractivity contribution in [3.05, 3.63) is 77.6 Å². The van der Waals surface area contributed by atoms with Gasteiger partial charge in [0.2, 0.25) is 11.9 Å². The van der Waals surface area contributed by atoms with E-state index in [4.69, 9.17) is 4.98 Å². The van der Waals surface area contributed by atoms with Crippen LogP contribution >= 0.6 is 0 Å². The van der Waals surface area contributed by atoms with Gasteiger partial charge in [0.15, 0.2) is 0 Å². The third-order valence-corrected chi connectivity index (χ3v) is 5.53. The number of benzene rings is 3. The molecule has 0 bridgehead atoms. The van der Waals surface area contributed by atoms with Crippen LogP contribution in [0.2, 0.25) is 0 Å². The Bertz CT molecular complexity index is 1200. The van der Waals surface area contributed by atoms with Crippen LogP contribution < -0.4 is 10.2 Å². The van der Waals surface area contributed by atoms with E-state index >= 15 is 0 Å². The van der Waals surface area contributed by atoms with Gasteiger partial charge in [-0.15, -0.1) is 0 Å². The van der Waals surface area contributed by atoms with E-state index in [9.17, 15) is 0 Å². The fourth-order valence-corrected chi connectivity index (χ4v) is 4.07. The van der Waals surface area contributed by atoms with Gasteiger partial charge in [0, 0.05) is 17.6 Å². The smallest absolute Gasteiger partial charge is 0.234 e. The van der Waals surface area contributed by atoms with Gasteiger partial charge in [-0.2, -0.15) is 4.98 Å². The summed E-state index contributed by atoms with van der Waals surface area (Å²) in [5, 5.41) is 5.79. The molecule has 0 spiro atoms. The molecule has 0 saturated heterocycles.